The van der Waals surface area contributed by atoms with Crippen LogP contribution in [0.4, 0.5) is 13.2 Å². The topological polar surface area (TPSA) is 98.8 Å². The Hall–Kier alpha value is -3.22. The van der Waals surface area contributed by atoms with E-state index in [0.717, 1.165) is 49.0 Å². The molecule has 2 amide bonds. The number of hydrogen-bond donors (Lipinski definition) is 2. The second kappa shape index (κ2) is 13.2. The summed E-state index contributed by atoms with van der Waals surface area (Å²) in [7, 11) is -3.51. The van der Waals surface area contributed by atoms with Crippen LogP contribution in [-0.4, -0.2) is 68.8 Å². The molecule has 0 aliphatic carbocycles. The molecular weight excluding hydrogens is 557 g/mol. The standard InChI is InChI=1S/C29H35F3N4O4S/c1-2-41(39,40)34-18-23-13-16-35(19-23)28(38)24-7-3-21(4-8-24)17-27(37)36(26-11-14-33-15-12-26)20-22-5-9-25(10-6-22)29(30,31)32/h2-10,23,26,33-34H,1,11-20H2/t23-/m0/s1. The zero-order chi connectivity index (χ0) is 29.6. The average Bonchev–Trinajstić information content (AvgIpc) is 3.44. The van der Waals surface area contributed by atoms with Gasteiger partial charge in [0.25, 0.3) is 5.91 Å². The van der Waals surface area contributed by atoms with Crippen LogP contribution < -0.4 is 10.0 Å². The van der Waals surface area contributed by atoms with Gasteiger partial charge in [0.05, 0.1) is 12.0 Å². The summed E-state index contributed by atoms with van der Waals surface area (Å²) < 4.78 is 64.6. The molecule has 41 heavy (non-hydrogen) atoms. The summed E-state index contributed by atoms with van der Waals surface area (Å²) in [5.74, 6) is -0.271. The van der Waals surface area contributed by atoms with Gasteiger partial charge >= 0.3 is 6.18 Å². The van der Waals surface area contributed by atoms with E-state index in [1.807, 2.05) is 0 Å². The van der Waals surface area contributed by atoms with Crippen molar-refractivity contribution in [2.75, 3.05) is 32.7 Å². The third-order valence-electron chi connectivity index (χ3n) is 7.63. The van der Waals surface area contributed by atoms with Gasteiger partial charge in [-0.2, -0.15) is 13.2 Å². The van der Waals surface area contributed by atoms with Crippen molar-refractivity contribution in [3.05, 3.63) is 82.8 Å². The first-order valence-corrected chi connectivity index (χ1v) is 15.2. The molecule has 1 atom stereocenters. The van der Waals surface area contributed by atoms with Crippen LogP contribution >= 0.6 is 0 Å². The summed E-state index contributed by atoms with van der Waals surface area (Å²) >= 11 is 0. The van der Waals surface area contributed by atoms with E-state index >= 15 is 0 Å². The number of piperidine rings is 1. The Labute approximate surface area is 238 Å². The SMILES string of the molecule is C=CS(=O)(=O)NC[C@@H]1CCN(C(=O)c2ccc(CC(=O)N(Cc3ccc(C(F)(F)F)cc3)C3CCNCC3)cc2)C1. The van der Waals surface area contributed by atoms with Gasteiger partial charge in [-0.25, -0.2) is 13.1 Å². The molecule has 2 saturated heterocycles. The monoisotopic (exact) mass is 592 g/mol. The van der Waals surface area contributed by atoms with Crippen LogP contribution in [0.25, 0.3) is 0 Å². The van der Waals surface area contributed by atoms with Crippen molar-refractivity contribution in [2.45, 2.75) is 44.4 Å². The fourth-order valence-corrected chi connectivity index (χ4v) is 5.82. The lowest BCUT2D eigenvalue weighted by Gasteiger charge is -2.35. The highest BCUT2D eigenvalue weighted by molar-refractivity contribution is 7.92. The van der Waals surface area contributed by atoms with Crippen LogP contribution in [0.5, 0.6) is 0 Å². The largest absolute Gasteiger partial charge is 0.416 e. The molecular formula is C29H35F3N4O4S. The number of amides is 2. The summed E-state index contributed by atoms with van der Waals surface area (Å²) in [4.78, 5) is 29.9. The third kappa shape index (κ3) is 8.40. The van der Waals surface area contributed by atoms with E-state index in [0.29, 0.717) is 30.6 Å². The van der Waals surface area contributed by atoms with Gasteiger partial charge in [0.15, 0.2) is 0 Å². The zero-order valence-electron chi connectivity index (χ0n) is 22.7. The van der Waals surface area contributed by atoms with Gasteiger partial charge in [-0.3, -0.25) is 9.59 Å². The average molecular weight is 593 g/mol. The molecule has 0 aromatic heterocycles. The predicted octanol–water partition coefficient (Wildman–Crippen LogP) is 3.55. The lowest BCUT2D eigenvalue weighted by atomic mass is 10.0. The van der Waals surface area contributed by atoms with E-state index in [2.05, 4.69) is 16.6 Å². The number of benzene rings is 2. The summed E-state index contributed by atoms with van der Waals surface area (Å²) in [6, 6.07) is 11.8. The molecule has 0 unspecified atom stereocenters. The number of rotatable bonds is 10. The molecule has 2 aromatic carbocycles. The van der Waals surface area contributed by atoms with Gasteiger partial charge in [-0.1, -0.05) is 30.8 Å². The van der Waals surface area contributed by atoms with Crippen LogP contribution in [0.3, 0.4) is 0 Å². The number of nitrogens with one attached hydrogen (secondary N) is 2. The quantitative estimate of drug-likeness (QED) is 0.440. The molecule has 0 bridgehead atoms. The molecule has 0 radical (unpaired) electrons. The van der Waals surface area contributed by atoms with E-state index < -0.39 is 21.8 Å². The maximum absolute atomic E-state index is 13.5. The van der Waals surface area contributed by atoms with Gasteiger partial charge in [-0.15, -0.1) is 0 Å². The zero-order valence-corrected chi connectivity index (χ0v) is 23.5. The summed E-state index contributed by atoms with van der Waals surface area (Å²) in [6.07, 6.45) is -2.12. The second-order valence-corrected chi connectivity index (χ2v) is 12.2. The van der Waals surface area contributed by atoms with Crippen molar-refractivity contribution in [2.24, 2.45) is 5.92 Å². The number of likely N-dealkylation sites (tertiary alicyclic amines) is 1. The number of nitrogens with zero attached hydrogens (tertiary/aromatic N) is 2. The fraction of sp³-hybridized carbons (Fsp3) is 0.448. The highest BCUT2D eigenvalue weighted by atomic mass is 32.2. The number of carbonyl (C=O) groups is 2. The predicted molar refractivity (Wildman–Crippen MR) is 149 cm³/mol. The van der Waals surface area contributed by atoms with Crippen molar-refractivity contribution < 1.29 is 31.2 Å². The Bertz CT molecular complexity index is 1330. The first-order chi connectivity index (χ1) is 19.4. The van der Waals surface area contributed by atoms with Gasteiger partial charge in [0, 0.05) is 43.2 Å². The smallest absolute Gasteiger partial charge is 0.338 e. The van der Waals surface area contributed by atoms with Gasteiger partial charge < -0.3 is 15.1 Å². The first kappa shape index (κ1) is 30.7. The second-order valence-electron chi connectivity index (χ2n) is 10.5. The van der Waals surface area contributed by atoms with Crippen LogP contribution in [0.2, 0.25) is 0 Å². The molecule has 4 rings (SSSR count). The number of sulfonamides is 1. The Morgan fingerprint density at radius 2 is 1.66 bits per heavy atom. The molecule has 2 aliphatic rings. The molecule has 2 N–H and O–H groups in total. The van der Waals surface area contributed by atoms with Crippen molar-refractivity contribution in [3.8, 4) is 0 Å². The maximum Gasteiger partial charge on any atom is 0.416 e. The lowest BCUT2D eigenvalue weighted by molar-refractivity contribution is -0.138. The van der Waals surface area contributed by atoms with Gasteiger partial charge in [-0.05, 0) is 73.7 Å². The molecule has 2 heterocycles. The van der Waals surface area contributed by atoms with Crippen LogP contribution in [0.15, 0.2) is 60.5 Å². The lowest BCUT2D eigenvalue weighted by Crippen LogP contribution is -2.46. The highest BCUT2D eigenvalue weighted by Gasteiger charge is 2.31. The summed E-state index contributed by atoms with van der Waals surface area (Å²) in [5, 5.41) is 4.13. The molecule has 222 valence electrons. The van der Waals surface area contributed by atoms with Crippen LogP contribution in [0, 0.1) is 5.92 Å². The maximum atomic E-state index is 13.5. The summed E-state index contributed by atoms with van der Waals surface area (Å²) in [5.41, 5.74) is 1.12. The number of carbonyl (C=O) groups excluding carboxylic acids is 2. The molecule has 0 spiro atoms. The van der Waals surface area contributed by atoms with E-state index in [1.54, 1.807) is 34.1 Å². The number of alkyl halides is 3. The Morgan fingerprint density at radius 3 is 2.27 bits per heavy atom. The Morgan fingerprint density at radius 1 is 1.02 bits per heavy atom. The van der Waals surface area contributed by atoms with Crippen molar-refractivity contribution >= 4 is 21.8 Å². The van der Waals surface area contributed by atoms with Crippen molar-refractivity contribution in [3.63, 3.8) is 0 Å². The van der Waals surface area contributed by atoms with Crippen LogP contribution in [-0.2, 0) is 34.0 Å². The normalized spacial score (nSPS) is 18.3. The first-order valence-electron chi connectivity index (χ1n) is 13.6. The molecule has 12 heteroatoms. The summed E-state index contributed by atoms with van der Waals surface area (Å²) in [6.45, 7) is 6.21. The molecule has 2 aliphatic heterocycles. The number of hydrogen-bond acceptors (Lipinski definition) is 5. The Balaban J connectivity index is 1.38. The minimum Gasteiger partial charge on any atom is -0.338 e. The molecule has 8 nitrogen and oxygen atoms in total. The van der Waals surface area contributed by atoms with Gasteiger partial charge in [0.2, 0.25) is 15.9 Å². The molecule has 2 fully saturated rings. The van der Waals surface area contributed by atoms with Crippen molar-refractivity contribution in [1.82, 2.24) is 19.8 Å². The molecule has 2 aromatic rings. The van der Waals surface area contributed by atoms with E-state index in [9.17, 15) is 31.2 Å². The van der Waals surface area contributed by atoms with E-state index in [-0.39, 0.29) is 43.3 Å². The van der Waals surface area contributed by atoms with Gasteiger partial charge in [0.1, 0.15) is 0 Å². The minimum absolute atomic E-state index is 0.0104. The van der Waals surface area contributed by atoms with Crippen molar-refractivity contribution in [1.29, 1.82) is 0 Å². The third-order valence-corrected chi connectivity index (χ3v) is 8.63. The number of halogens is 3. The molecule has 0 saturated carbocycles. The highest BCUT2D eigenvalue weighted by Crippen LogP contribution is 2.29. The van der Waals surface area contributed by atoms with Crippen LogP contribution in [0.1, 0.15) is 46.3 Å². The van der Waals surface area contributed by atoms with E-state index in [1.165, 1.54) is 12.1 Å². The van der Waals surface area contributed by atoms with E-state index in [4.69, 9.17) is 0 Å². The Kier molecular flexibility index (Phi) is 9.88. The fourth-order valence-electron chi connectivity index (χ4n) is 5.24. The minimum atomic E-state index is -4.42.